The molecule has 1 N–H and O–H groups in total. The van der Waals surface area contributed by atoms with E-state index in [1.807, 2.05) is 0 Å². The highest BCUT2D eigenvalue weighted by Gasteiger charge is 2.22. The summed E-state index contributed by atoms with van der Waals surface area (Å²) < 4.78 is 5.50. The van der Waals surface area contributed by atoms with Crippen molar-refractivity contribution in [2.24, 2.45) is 5.92 Å². The zero-order valence-electron chi connectivity index (χ0n) is 9.71. The van der Waals surface area contributed by atoms with Gasteiger partial charge in [-0.15, -0.1) is 0 Å². The van der Waals surface area contributed by atoms with E-state index < -0.39 is 0 Å². The van der Waals surface area contributed by atoms with E-state index in [2.05, 4.69) is 24.0 Å². The molecule has 0 aromatic heterocycles. The lowest BCUT2D eigenvalue weighted by atomic mass is 10.0. The van der Waals surface area contributed by atoms with E-state index in [1.54, 1.807) is 0 Å². The molecule has 2 saturated heterocycles. The first-order valence-electron chi connectivity index (χ1n) is 6.29. The van der Waals surface area contributed by atoms with Crippen LogP contribution >= 0.6 is 11.8 Å². The second-order valence-corrected chi connectivity index (χ2v) is 6.30. The SMILES string of the molecule is CC1SCCCC1NCC1CCCOC1. The zero-order valence-corrected chi connectivity index (χ0v) is 10.5. The number of thioether (sulfide) groups is 1. The van der Waals surface area contributed by atoms with Gasteiger partial charge in [-0.1, -0.05) is 6.92 Å². The number of hydrogen-bond acceptors (Lipinski definition) is 3. The number of hydrogen-bond donors (Lipinski definition) is 1. The molecule has 0 bridgehead atoms. The van der Waals surface area contributed by atoms with Crippen molar-refractivity contribution < 1.29 is 4.74 Å². The van der Waals surface area contributed by atoms with Crippen LogP contribution in [0.4, 0.5) is 0 Å². The summed E-state index contributed by atoms with van der Waals surface area (Å²) in [4.78, 5) is 0. The van der Waals surface area contributed by atoms with Crippen LogP contribution in [0.5, 0.6) is 0 Å². The number of ether oxygens (including phenoxy) is 1. The summed E-state index contributed by atoms with van der Waals surface area (Å²) in [6, 6.07) is 0.741. The number of rotatable bonds is 3. The van der Waals surface area contributed by atoms with Gasteiger partial charge in [-0.2, -0.15) is 11.8 Å². The maximum atomic E-state index is 5.50. The first kappa shape index (κ1) is 11.7. The van der Waals surface area contributed by atoms with Gasteiger partial charge in [0.05, 0.1) is 6.61 Å². The van der Waals surface area contributed by atoms with Gasteiger partial charge in [-0.25, -0.2) is 0 Å². The summed E-state index contributed by atoms with van der Waals surface area (Å²) in [5.74, 6) is 2.11. The minimum atomic E-state index is 0.741. The van der Waals surface area contributed by atoms with E-state index in [0.29, 0.717) is 0 Å². The molecular formula is C12H23NOS. The first-order valence-corrected chi connectivity index (χ1v) is 7.34. The molecule has 3 atom stereocenters. The molecule has 3 unspecified atom stereocenters. The van der Waals surface area contributed by atoms with Crippen molar-refractivity contribution >= 4 is 11.8 Å². The van der Waals surface area contributed by atoms with Crippen LogP contribution in [0.3, 0.4) is 0 Å². The molecule has 2 aliphatic heterocycles. The standard InChI is InChI=1S/C12H23NOS/c1-10-12(5-3-7-15-10)13-8-11-4-2-6-14-9-11/h10-13H,2-9H2,1H3. The predicted octanol–water partition coefficient (Wildman–Crippen LogP) is 2.29. The molecule has 3 heteroatoms. The van der Waals surface area contributed by atoms with Gasteiger partial charge in [-0.3, -0.25) is 0 Å². The Bertz CT molecular complexity index is 182. The molecule has 2 rings (SSSR count). The topological polar surface area (TPSA) is 21.3 Å². The van der Waals surface area contributed by atoms with Crippen molar-refractivity contribution in [1.82, 2.24) is 5.32 Å². The summed E-state index contributed by atoms with van der Waals surface area (Å²) in [5.41, 5.74) is 0. The van der Waals surface area contributed by atoms with Gasteiger partial charge in [0.2, 0.25) is 0 Å². The van der Waals surface area contributed by atoms with Crippen molar-refractivity contribution in [2.45, 2.75) is 43.9 Å². The van der Waals surface area contributed by atoms with Gasteiger partial charge < -0.3 is 10.1 Å². The fraction of sp³-hybridized carbons (Fsp3) is 1.00. The normalized spacial score (nSPS) is 37.8. The van der Waals surface area contributed by atoms with Crippen LogP contribution in [0, 0.1) is 5.92 Å². The van der Waals surface area contributed by atoms with E-state index in [0.717, 1.165) is 37.0 Å². The Morgan fingerprint density at radius 2 is 2.27 bits per heavy atom. The molecule has 0 spiro atoms. The maximum absolute atomic E-state index is 5.50. The average Bonchev–Trinajstić information content (AvgIpc) is 2.29. The van der Waals surface area contributed by atoms with Crippen molar-refractivity contribution in [2.75, 3.05) is 25.5 Å². The first-order chi connectivity index (χ1) is 7.36. The molecule has 0 aromatic carbocycles. The molecule has 2 heterocycles. The molecule has 0 aliphatic carbocycles. The highest BCUT2D eigenvalue weighted by molar-refractivity contribution is 7.99. The van der Waals surface area contributed by atoms with Crippen molar-refractivity contribution in [3.63, 3.8) is 0 Å². The summed E-state index contributed by atoms with van der Waals surface area (Å²) in [7, 11) is 0. The fourth-order valence-electron chi connectivity index (χ4n) is 2.48. The van der Waals surface area contributed by atoms with Gasteiger partial charge in [0.1, 0.15) is 0 Å². The van der Waals surface area contributed by atoms with Crippen LogP contribution in [-0.4, -0.2) is 36.8 Å². The lowest BCUT2D eigenvalue weighted by molar-refractivity contribution is 0.0536. The lowest BCUT2D eigenvalue weighted by Crippen LogP contribution is -2.42. The quantitative estimate of drug-likeness (QED) is 0.802. The molecule has 0 saturated carbocycles. The van der Waals surface area contributed by atoms with Crippen LogP contribution in [0.15, 0.2) is 0 Å². The van der Waals surface area contributed by atoms with Gasteiger partial charge >= 0.3 is 0 Å². The van der Waals surface area contributed by atoms with Crippen LogP contribution in [0.1, 0.15) is 32.6 Å². The molecule has 2 nitrogen and oxygen atoms in total. The Morgan fingerprint density at radius 1 is 1.33 bits per heavy atom. The van der Waals surface area contributed by atoms with E-state index in [1.165, 1.54) is 31.4 Å². The van der Waals surface area contributed by atoms with Crippen LogP contribution in [-0.2, 0) is 4.74 Å². The second kappa shape index (κ2) is 6.12. The van der Waals surface area contributed by atoms with Gasteiger partial charge in [0.25, 0.3) is 0 Å². The van der Waals surface area contributed by atoms with Crippen molar-refractivity contribution in [3.05, 3.63) is 0 Å². The summed E-state index contributed by atoms with van der Waals surface area (Å²) in [6.45, 7) is 5.47. The Balaban J connectivity index is 1.67. The Kier molecular flexibility index (Phi) is 4.79. The van der Waals surface area contributed by atoms with E-state index in [9.17, 15) is 0 Å². The Labute approximate surface area is 97.5 Å². The van der Waals surface area contributed by atoms with Crippen molar-refractivity contribution in [1.29, 1.82) is 0 Å². The fourth-order valence-corrected chi connectivity index (χ4v) is 3.65. The Morgan fingerprint density at radius 3 is 3.00 bits per heavy atom. The lowest BCUT2D eigenvalue weighted by Gasteiger charge is -2.31. The minimum absolute atomic E-state index is 0.741. The molecule has 88 valence electrons. The van der Waals surface area contributed by atoms with Crippen LogP contribution < -0.4 is 5.32 Å². The van der Waals surface area contributed by atoms with E-state index in [4.69, 9.17) is 4.74 Å². The van der Waals surface area contributed by atoms with E-state index >= 15 is 0 Å². The van der Waals surface area contributed by atoms with Crippen LogP contribution in [0.2, 0.25) is 0 Å². The maximum Gasteiger partial charge on any atom is 0.0506 e. The third-order valence-electron chi connectivity index (χ3n) is 3.53. The average molecular weight is 229 g/mol. The zero-order chi connectivity index (χ0) is 10.5. The highest BCUT2D eigenvalue weighted by atomic mass is 32.2. The highest BCUT2D eigenvalue weighted by Crippen LogP contribution is 2.25. The summed E-state index contributed by atoms with van der Waals surface area (Å²) >= 11 is 2.12. The third-order valence-corrected chi connectivity index (χ3v) is 4.91. The largest absolute Gasteiger partial charge is 0.381 e. The smallest absolute Gasteiger partial charge is 0.0506 e. The predicted molar refractivity (Wildman–Crippen MR) is 66.5 cm³/mol. The number of nitrogens with one attached hydrogen (secondary N) is 1. The van der Waals surface area contributed by atoms with Crippen molar-refractivity contribution in [3.8, 4) is 0 Å². The molecule has 15 heavy (non-hydrogen) atoms. The molecule has 2 aliphatic rings. The van der Waals surface area contributed by atoms with Gasteiger partial charge in [0.15, 0.2) is 0 Å². The second-order valence-electron chi connectivity index (χ2n) is 4.82. The molecule has 0 amide bonds. The monoisotopic (exact) mass is 229 g/mol. The van der Waals surface area contributed by atoms with Gasteiger partial charge in [-0.05, 0) is 37.4 Å². The molecule has 2 fully saturated rings. The van der Waals surface area contributed by atoms with Gasteiger partial charge in [0, 0.05) is 24.4 Å². The molecule has 0 aromatic rings. The van der Waals surface area contributed by atoms with E-state index in [-0.39, 0.29) is 0 Å². The molecular weight excluding hydrogens is 206 g/mol. The third kappa shape index (κ3) is 3.65. The molecule has 0 radical (unpaired) electrons. The minimum Gasteiger partial charge on any atom is -0.381 e. The van der Waals surface area contributed by atoms with Crippen LogP contribution in [0.25, 0.3) is 0 Å². The summed E-state index contributed by atoms with van der Waals surface area (Å²) in [6.07, 6.45) is 5.35. The summed E-state index contributed by atoms with van der Waals surface area (Å²) in [5, 5.41) is 4.53. The Hall–Kier alpha value is 0.270.